The molecule has 190 valence electrons. The zero-order valence-corrected chi connectivity index (χ0v) is 21.6. The van der Waals surface area contributed by atoms with E-state index in [2.05, 4.69) is 44.1 Å². The molecule has 0 unspecified atom stereocenters. The van der Waals surface area contributed by atoms with Gasteiger partial charge in [-0.1, -0.05) is 0 Å². The standard InChI is InChI=1S/C24H28N6OS.C2H4O2/c1-28-8-6-18-20(14-28)32-23-21(18)24(31)30(15-27-23)12-11-29-9-4-16(5-10-29)19-13-26-22-17(19)3-2-7-25-22;1-2(3)4/h2-3,7,13,15-16H,4-6,8-12,14H2,1H3,(H,25,26);1H3,(H,3,4). The predicted octanol–water partition coefficient (Wildman–Crippen LogP) is 3.29. The highest BCUT2D eigenvalue weighted by atomic mass is 32.1. The molecule has 1 fully saturated rings. The Balaban J connectivity index is 0.000000623. The first kappa shape index (κ1) is 24.6. The molecule has 2 aliphatic rings. The first-order chi connectivity index (χ1) is 17.4. The first-order valence-electron chi connectivity index (χ1n) is 12.4. The molecular weight excluding hydrogens is 476 g/mol. The molecule has 0 radical (unpaired) electrons. The predicted molar refractivity (Wildman–Crippen MR) is 142 cm³/mol. The lowest BCUT2D eigenvalue weighted by atomic mass is 9.89. The minimum absolute atomic E-state index is 0.137. The Bertz CT molecular complexity index is 1430. The van der Waals surface area contributed by atoms with Crippen molar-refractivity contribution in [2.75, 3.05) is 33.2 Å². The van der Waals surface area contributed by atoms with Crippen molar-refractivity contribution < 1.29 is 9.90 Å². The van der Waals surface area contributed by atoms with Crippen LogP contribution in [0.15, 0.2) is 35.6 Å². The lowest BCUT2D eigenvalue weighted by Crippen LogP contribution is -2.36. The van der Waals surface area contributed by atoms with Crippen molar-refractivity contribution in [2.24, 2.45) is 0 Å². The number of thiophene rings is 1. The molecule has 36 heavy (non-hydrogen) atoms. The van der Waals surface area contributed by atoms with Gasteiger partial charge in [-0.2, -0.15) is 0 Å². The maximum Gasteiger partial charge on any atom is 0.300 e. The summed E-state index contributed by atoms with van der Waals surface area (Å²) in [6.07, 6.45) is 8.95. The summed E-state index contributed by atoms with van der Waals surface area (Å²) in [6.45, 7) is 6.73. The number of aliphatic carboxylic acids is 1. The number of fused-ring (bicyclic) bond motifs is 4. The maximum absolute atomic E-state index is 13.2. The van der Waals surface area contributed by atoms with E-state index in [1.807, 2.05) is 16.8 Å². The number of likely N-dealkylation sites (N-methyl/N-ethyl adjacent to an activating group) is 1. The van der Waals surface area contributed by atoms with Gasteiger partial charge in [0.2, 0.25) is 0 Å². The summed E-state index contributed by atoms with van der Waals surface area (Å²) in [5.41, 5.74) is 3.75. The molecule has 0 spiro atoms. The Labute approximate surface area is 213 Å². The molecule has 1 saturated heterocycles. The number of H-pyrrole nitrogens is 1. The number of hydrogen-bond acceptors (Lipinski definition) is 7. The quantitative estimate of drug-likeness (QED) is 0.436. The molecule has 0 aliphatic carbocycles. The number of aromatic amines is 1. The van der Waals surface area contributed by atoms with Gasteiger partial charge in [0.25, 0.3) is 11.5 Å². The second-order valence-corrected chi connectivity index (χ2v) is 10.8. The summed E-state index contributed by atoms with van der Waals surface area (Å²) in [4.78, 5) is 41.6. The third-order valence-electron chi connectivity index (χ3n) is 7.19. The van der Waals surface area contributed by atoms with Crippen molar-refractivity contribution in [3.63, 3.8) is 0 Å². The summed E-state index contributed by atoms with van der Waals surface area (Å²) < 4.78 is 1.82. The average molecular weight is 509 g/mol. The molecule has 6 rings (SSSR count). The number of nitrogens with zero attached hydrogens (tertiary/aromatic N) is 5. The second kappa shape index (κ2) is 10.5. The van der Waals surface area contributed by atoms with Crippen LogP contribution in [-0.2, 0) is 24.3 Å². The number of pyridine rings is 1. The van der Waals surface area contributed by atoms with Crippen LogP contribution in [0.3, 0.4) is 0 Å². The van der Waals surface area contributed by atoms with Crippen LogP contribution >= 0.6 is 11.3 Å². The Hall–Kier alpha value is -3.08. The van der Waals surface area contributed by atoms with Crippen LogP contribution in [0.4, 0.5) is 0 Å². The molecule has 0 saturated carbocycles. The molecule has 9 nitrogen and oxygen atoms in total. The Morgan fingerprint density at radius 2 is 2.00 bits per heavy atom. The molecule has 2 aliphatic heterocycles. The van der Waals surface area contributed by atoms with Crippen molar-refractivity contribution in [3.05, 3.63) is 57.2 Å². The van der Waals surface area contributed by atoms with Crippen molar-refractivity contribution in [1.82, 2.24) is 29.3 Å². The molecule has 4 aromatic heterocycles. The molecule has 10 heteroatoms. The maximum atomic E-state index is 13.2. The zero-order chi connectivity index (χ0) is 25.2. The van der Waals surface area contributed by atoms with Gasteiger partial charge in [0.15, 0.2) is 0 Å². The minimum atomic E-state index is -0.833. The fourth-order valence-electron chi connectivity index (χ4n) is 5.34. The van der Waals surface area contributed by atoms with E-state index in [0.29, 0.717) is 12.5 Å². The lowest BCUT2D eigenvalue weighted by molar-refractivity contribution is -0.134. The van der Waals surface area contributed by atoms with E-state index in [1.165, 1.54) is 21.4 Å². The summed E-state index contributed by atoms with van der Waals surface area (Å²) in [5.74, 6) is -0.264. The van der Waals surface area contributed by atoms with Crippen molar-refractivity contribution in [2.45, 2.75) is 45.2 Å². The van der Waals surface area contributed by atoms with Gasteiger partial charge >= 0.3 is 0 Å². The second-order valence-electron chi connectivity index (χ2n) is 9.69. The van der Waals surface area contributed by atoms with E-state index in [-0.39, 0.29) is 5.56 Å². The van der Waals surface area contributed by atoms with Crippen LogP contribution in [0, 0.1) is 0 Å². The van der Waals surface area contributed by atoms with Crippen LogP contribution in [0.25, 0.3) is 21.3 Å². The number of rotatable bonds is 4. The summed E-state index contributed by atoms with van der Waals surface area (Å²) in [5, 5.41) is 9.54. The molecule has 0 bridgehead atoms. The van der Waals surface area contributed by atoms with Gasteiger partial charge in [-0.25, -0.2) is 9.97 Å². The SMILES string of the molecule is CC(=O)O.CN1CCc2c(sc3ncn(CCN4CCC(c5c[nH]c6ncccc56)CC4)c(=O)c23)C1. The third-order valence-corrected chi connectivity index (χ3v) is 8.31. The van der Waals surface area contributed by atoms with E-state index >= 15 is 0 Å². The van der Waals surface area contributed by atoms with Crippen molar-refractivity contribution in [3.8, 4) is 0 Å². The van der Waals surface area contributed by atoms with Crippen molar-refractivity contribution >= 4 is 38.6 Å². The third kappa shape index (κ3) is 5.07. The van der Waals surface area contributed by atoms with Crippen LogP contribution in [-0.4, -0.2) is 73.6 Å². The minimum Gasteiger partial charge on any atom is -0.481 e. The smallest absolute Gasteiger partial charge is 0.300 e. The monoisotopic (exact) mass is 508 g/mol. The number of aromatic nitrogens is 4. The van der Waals surface area contributed by atoms with Gasteiger partial charge in [0, 0.05) is 55.8 Å². The number of carboxylic acid groups (broad SMARTS) is 1. The largest absolute Gasteiger partial charge is 0.481 e. The number of nitrogens with one attached hydrogen (secondary N) is 1. The van der Waals surface area contributed by atoms with E-state index in [1.54, 1.807) is 17.7 Å². The molecule has 2 N–H and O–H groups in total. The Morgan fingerprint density at radius 3 is 2.78 bits per heavy atom. The Morgan fingerprint density at radius 1 is 1.22 bits per heavy atom. The first-order valence-corrected chi connectivity index (χ1v) is 13.2. The topological polar surface area (TPSA) is 107 Å². The normalized spacial score (nSPS) is 17.2. The van der Waals surface area contributed by atoms with Crippen LogP contribution in [0.2, 0.25) is 0 Å². The number of carbonyl (C=O) groups is 1. The van der Waals surface area contributed by atoms with Gasteiger partial charge in [-0.3, -0.25) is 14.2 Å². The highest BCUT2D eigenvalue weighted by Crippen LogP contribution is 2.33. The van der Waals surface area contributed by atoms with E-state index < -0.39 is 5.97 Å². The number of likely N-dealkylation sites (tertiary alicyclic amines) is 1. The summed E-state index contributed by atoms with van der Waals surface area (Å²) >= 11 is 1.69. The zero-order valence-electron chi connectivity index (χ0n) is 20.7. The van der Waals surface area contributed by atoms with Gasteiger partial charge in [0.1, 0.15) is 10.5 Å². The fourth-order valence-corrected chi connectivity index (χ4v) is 6.60. The Kier molecular flexibility index (Phi) is 7.17. The number of hydrogen-bond donors (Lipinski definition) is 2. The highest BCUT2D eigenvalue weighted by molar-refractivity contribution is 7.18. The molecule has 0 amide bonds. The van der Waals surface area contributed by atoms with Gasteiger partial charge in [0.05, 0.1) is 11.7 Å². The summed E-state index contributed by atoms with van der Waals surface area (Å²) in [7, 11) is 2.14. The van der Waals surface area contributed by atoms with E-state index in [0.717, 1.165) is 74.8 Å². The fraction of sp³-hybridized carbons (Fsp3) is 0.462. The average Bonchev–Trinajstić information content (AvgIpc) is 3.45. The van der Waals surface area contributed by atoms with Crippen LogP contribution in [0.1, 0.15) is 41.7 Å². The van der Waals surface area contributed by atoms with Crippen LogP contribution < -0.4 is 5.56 Å². The molecule has 4 aromatic rings. The van der Waals surface area contributed by atoms with Gasteiger partial charge in [-0.05, 0) is 68.6 Å². The van der Waals surface area contributed by atoms with E-state index in [4.69, 9.17) is 9.90 Å². The number of carboxylic acids is 1. The summed E-state index contributed by atoms with van der Waals surface area (Å²) in [6, 6.07) is 4.18. The number of piperidine rings is 1. The van der Waals surface area contributed by atoms with Crippen LogP contribution in [0.5, 0.6) is 0 Å². The van der Waals surface area contributed by atoms with Gasteiger partial charge < -0.3 is 19.9 Å². The van der Waals surface area contributed by atoms with Crippen molar-refractivity contribution in [1.29, 1.82) is 0 Å². The molecule has 0 aromatic carbocycles. The van der Waals surface area contributed by atoms with E-state index in [9.17, 15) is 4.79 Å². The van der Waals surface area contributed by atoms with Gasteiger partial charge in [-0.15, -0.1) is 11.3 Å². The molecule has 6 heterocycles. The lowest BCUT2D eigenvalue weighted by Gasteiger charge is -2.32. The molecular formula is C26H32N6O3S. The highest BCUT2D eigenvalue weighted by Gasteiger charge is 2.24. The molecule has 0 atom stereocenters.